The summed E-state index contributed by atoms with van der Waals surface area (Å²) >= 11 is 0. The molecule has 1 aromatic carbocycles. The standard InChI is InChI=1S/C15H17NO4/c1-15(2,19)8-7-10-3-5-11(6-4-10)13-9-12(14(17)18)16-20-13/h3-6,9,19H,7-8H2,1-2H3,(H,17,18). The Bertz CT molecular complexity index is 593. The monoisotopic (exact) mass is 275 g/mol. The molecule has 0 spiro atoms. The minimum Gasteiger partial charge on any atom is -0.476 e. The molecule has 106 valence electrons. The second kappa shape index (κ2) is 5.46. The number of benzene rings is 1. The number of carbonyl (C=O) groups is 1. The van der Waals surface area contributed by atoms with Gasteiger partial charge in [0.25, 0.3) is 0 Å². The minimum absolute atomic E-state index is 0.105. The van der Waals surface area contributed by atoms with Crippen molar-refractivity contribution in [1.82, 2.24) is 5.16 Å². The van der Waals surface area contributed by atoms with Crippen LogP contribution in [0.1, 0.15) is 36.3 Å². The van der Waals surface area contributed by atoms with E-state index >= 15 is 0 Å². The summed E-state index contributed by atoms with van der Waals surface area (Å²) in [6, 6.07) is 8.97. The molecule has 0 radical (unpaired) electrons. The molecule has 20 heavy (non-hydrogen) atoms. The maximum absolute atomic E-state index is 10.7. The number of aryl methyl sites for hydroxylation is 1. The lowest BCUT2D eigenvalue weighted by molar-refractivity contribution is 0.0683. The second-order valence-electron chi connectivity index (χ2n) is 5.39. The first-order chi connectivity index (χ1) is 9.35. The summed E-state index contributed by atoms with van der Waals surface area (Å²) in [5.74, 6) is -0.682. The fraction of sp³-hybridized carbons (Fsp3) is 0.333. The number of aliphatic hydroxyl groups is 1. The smallest absolute Gasteiger partial charge is 0.358 e. The van der Waals surface area contributed by atoms with E-state index in [0.717, 1.165) is 17.5 Å². The highest BCUT2D eigenvalue weighted by molar-refractivity contribution is 5.86. The maximum Gasteiger partial charge on any atom is 0.358 e. The summed E-state index contributed by atoms with van der Waals surface area (Å²) in [7, 11) is 0. The van der Waals surface area contributed by atoms with Gasteiger partial charge in [-0.15, -0.1) is 0 Å². The molecule has 0 unspecified atom stereocenters. The predicted octanol–water partition coefficient (Wildman–Crippen LogP) is 2.74. The molecular weight excluding hydrogens is 258 g/mol. The normalized spacial score (nSPS) is 11.6. The molecule has 1 aromatic heterocycles. The van der Waals surface area contributed by atoms with Crippen LogP contribution in [-0.4, -0.2) is 26.9 Å². The maximum atomic E-state index is 10.7. The second-order valence-corrected chi connectivity index (χ2v) is 5.39. The first kappa shape index (κ1) is 14.3. The van der Waals surface area contributed by atoms with Crippen LogP contribution in [0.4, 0.5) is 0 Å². The van der Waals surface area contributed by atoms with Gasteiger partial charge in [-0.1, -0.05) is 29.4 Å². The van der Waals surface area contributed by atoms with E-state index in [4.69, 9.17) is 9.63 Å². The fourth-order valence-corrected chi connectivity index (χ4v) is 1.80. The van der Waals surface area contributed by atoms with E-state index in [1.165, 1.54) is 6.07 Å². The highest BCUT2D eigenvalue weighted by Crippen LogP contribution is 2.22. The Balaban J connectivity index is 2.09. The van der Waals surface area contributed by atoms with Crippen LogP contribution in [0.15, 0.2) is 34.9 Å². The van der Waals surface area contributed by atoms with Crippen LogP contribution in [0.2, 0.25) is 0 Å². The molecule has 0 bridgehead atoms. The summed E-state index contributed by atoms with van der Waals surface area (Å²) in [4.78, 5) is 10.7. The zero-order valence-electron chi connectivity index (χ0n) is 11.5. The SMILES string of the molecule is CC(C)(O)CCc1ccc(-c2cc(C(=O)O)no2)cc1. The third-order valence-corrected chi connectivity index (χ3v) is 2.99. The van der Waals surface area contributed by atoms with Crippen LogP contribution < -0.4 is 0 Å². The number of nitrogens with zero attached hydrogens (tertiary/aromatic N) is 1. The van der Waals surface area contributed by atoms with Gasteiger partial charge >= 0.3 is 5.97 Å². The van der Waals surface area contributed by atoms with E-state index in [-0.39, 0.29) is 5.69 Å². The van der Waals surface area contributed by atoms with Crippen LogP contribution in [0.3, 0.4) is 0 Å². The van der Waals surface area contributed by atoms with Crippen molar-refractivity contribution in [2.45, 2.75) is 32.3 Å². The third kappa shape index (κ3) is 3.68. The molecule has 0 aliphatic rings. The van der Waals surface area contributed by atoms with Crippen molar-refractivity contribution in [3.05, 3.63) is 41.6 Å². The third-order valence-electron chi connectivity index (χ3n) is 2.99. The lowest BCUT2D eigenvalue weighted by Gasteiger charge is -2.16. The highest BCUT2D eigenvalue weighted by Gasteiger charge is 2.13. The molecule has 5 heteroatoms. The molecule has 2 aromatic rings. The highest BCUT2D eigenvalue weighted by atomic mass is 16.5. The molecular formula is C15H17NO4. The molecule has 2 rings (SSSR count). The zero-order chi connectivity index (χ0) is 14.8. The van der Waals surface area contributed by atoms with Gasteiger partial charge in [0, 0.05) is 11.6 Å². The molecule has 5 nitrogen and oxygen atoms in total. The zero-order valence-corrected chi connectivity index (χ0v) is 11.5. The van der Waals surface area contributed by atoms with Crippen LogP contribution in [0.25, 0.3) is 11.3 Å². The Hall–Kier alpha value is -2.14. The average molecular weight is 275 g/mol. The van der Waals surface area contributed by atoms with Gasteiger partial charge in [0.15, 0.2) is 11.5 Å². The summed E-state index contributed by atoms with van der Waals surface area (Å²) in [5, 5.41) is 22.0. The van der Waals surface area contributed by atoms with Crippen molar-refractivity contribution in [3.8, 4) is 11.3 Å². The van der Waals surface area contributed by atoms with Gasteiger partial charge in [-0.2, -0.15) is 0 Å². The largest absolute Gasteiger partial charge is 0.476 e. The van der Waals surface area contributed by atoms with E-state index in [9.17, 15) is 9.90 Å². The van der Waals surface area contributed by atoms with Gasteiger partial charge in [-0.25, -0.2) is 4.79 Å². The lowest BCUT2D eigenvalue weighted by atomic mass is 9.98. The molecule has 1 heterocycles. The Morgan fingerprint density at radius 3 is 2.45 bits per heavy atom. The summed E-state index contributed by atoms with van der Waals surface area (Å²) in [6.45, 7) is 3.56. The first-order valence-corrected chi connectivity index (χ1v) is 6.37. The Labute approximate surface area is 116 Å². The Morgan fingerprint density at radius 1 is 1.30 bits per heavy atom. The predicted molar refractivity (Wildman–Crippen MR) is 73.5 cm³/mol. The summed E-state index contributed by atoms with van der Waals surface area (Å²) in [5.41, 5.74) is 1.09. The quantitative estimate of drug-likeness (QED) is 0.876. The van der Waals surface area contributed by atoms with Crippen LogP contribution in [0, 0.1) is 0 Å². The van der Waals surface area contributed by atoms with Crippen LogP contribution >= 0.6 is 0 Å². The molecule has 0 saturated carbocycles. The lowest BCUT2D eigenvalue weighted by Crippen LogP contribution is -2.19. The molecule has 0 fully saturated rings. The van der Waals surface area contributed by atoms with Crippen LogP contribution in [-0.2, 0) is 6.42 Å². The van der Waals surface area contributed by atoms with E-state index < -0.39 is 11.6 Å². The average Bonchev–Trinajstić information content (AvgIpc) is 2.86. The van der Waals surface area contributed by atoms with Gasteiger partial charge in [0.2, 0.25) is 0 Å². The molecule has 0 atom stereocenters. The molecule has 0 saturated heterocycles. The number of carboxylic acids is 1. The Kier molecular flexibility index (Phi) is 3.90. The van der Waals surface area contributed by atoms with E-state index in [1.807, 2.05) is 24.3 Å². The van der Waals surface area contributed by atoms with Crippen molar-refractivity contribution < 1.29 is 19.5 Å². The van der Waals surface area contributed by atoms with E-state index in [2.05, 4.69) is 5.16 Å². The molecule has 0 aliphatic carbocycles. The summed E-state index contributed by atoms with van der Waals surface area (Å²) < 4.78 is 5.00. The number of aromatic nitrogens is 1. The van der Waals surface area contributed by atoms with Gasteiger partial charge in [-0.05, 0) is 32.3 Å². The molecule has 0 amide bonds. The van der Waals surface area contributed by atoms with Crippen molar-refractivity contribution >= 4 is 5.97 Å². The first-order valence-electron chi connectivity index (χ1n) is 6.37. The minimum atomic E-state index is -1.11. The van der Waals surface area contributed by atoms with Crippen molar-refractivity contribution in [1.29, 1.82) is 0 Å². The van der Waals surface area contributed by atoms with Gasteiger partial charge < -0.3 is 14.7 Å². The van der Waals surface area contributed by atoms with Gasteiger partial charge in [0.05, 0.1) is 5.60 Å². The van der Waals surface area contributed by atoms with E-state index in [1.54, 1.807) is 13.8 Å². The number of carboxylic acid groups (broad SMARTS) is 1. The van der Waals surface area contributed by atoms with Gasteiger partial charge in [-0.3, -0.25) is 0 Å². The van der Waals surface area contributed by atoms with Crippen molar-refractivity contribution in [2.75, 3.05) is 0 Å². The summed E-state index contributed by atoms with van der Waals surface area (Å²) in [6.07, 6.45) is 1.46. The van der Waals surface area contributed by atoms with E-state index in [0.29, 0.717) is 12.2 Å². The van der Waals surface area contributed by atoms with Crippen molar-refractivity contribution in [3.63, 3.8) is 0 Å². The fourth-order valence-electron chi connectivity index (χ4n) is 1.80. The Morgan fingerprint density at radius 2 is 1.95 bits per heavy atom. The number of rotatable bonds is 5. The van der Waals surface area contributed by atoms with Crippen molar-refractivity contribution in [2.24, 2.45) is 0 Å². The number of hydrogen-bond donors (Lipinski definition) is 2. The topological polar surface area (TPSA) is 83.6 Å². The van der Waals surface area contributed by atoms with Crippen LogP contribution in [0.5, 0.6) is 0 Å². The molecule has 2 N–H and O–H groups in total. The number of hydrogen-bond acceptors (Lipinski definition) is 4. The van der Waals surface area contributed by atoms with Gasteiger partial charge in [0.1, 0.15) is 0 Å². The molecule has 0 aliphatic heterocycles. The number of aromatic carboxylic acids is 1.